The summed E-state index contributed by atoms with van der Waals surface area (Å²) in [6.45, 7) is 9.33. The molecule has 2 rings (SSSR count). The van der Waals surface area contributed by atoms with E-state index < -0.39 is 5.60 Å². The number of guanidine groups is 1. The molecule has 1 fully saturated rings. The highest BCUT2D eigenvalue weighted by Gasteiger charge is 2.22. The molecule has 3 N–H and O–H groups in total. The van der Waals surface area contributed by atoms with Gasteiger partial charge in [-0.1, -0.05) is 36.8 Å². The maximum absolute atomic E-state index is 10.7. The molecule has 0 bridgehead atoms. The van der Waals surface area contributed by atoms with E-state index in [4.69, 9.17) is 0 Å². The number of aliphatic hydroxyl groups is 1. The van der Waals surface area contributed by atoms with Gasteiger partial charge in [-0.15, -0.1) is 24.0 Å². The minimum absolute atomic E-state index is 0. The van der Waals surface area contributed by atoms with E-state index in [1.165, 1.54) is 32.4 Å². The number of aliphatic imine (C=N–C) groups is 1. The molecule has 6 heteroatoms. The summed E-state index contributed by atoms with van der Waals surface area (Å²) in [4.78, 5) is 7.07. The first kappa shape index (κ1) is 22.2. The van der Waals surface area contributed by atoms with Crippen LogP contribution in [0.2, 0.25) is 0 Å². The second kappa shape index (κ2) is 11.7. The van der Waals surface area contributed by atoms with Crippen molar-refractivity contribution in [1.29, 1.82) is 0 Å². The number of rotatable bonds is 7. The Morgan fingerprint density at radius 3 is 2.48 bits per heavy atom. The van der Waals surface area contributed by atoms with Gasteiger partial charge in [0.1, 0.15) is 5.60 Å². The van der Waals surface area contributed by atoms with Crippen molar-refractivity contribution >= 4 is 29.9 Å². The third-order valence-corrected chi connectivity index (χ3v) is 4.45. The first-order valence-electron chi connectivity index (χ1n) is 9.14. The van der Waals surface area contributed by atoms with Gasteiger partial charge in [0.15, 0.2) is 5.96 Å². The van der Waals surface area contributed by atoms with Crippen LogP contribution in [0.3, 0.4) is 0 Å². The fraction of sp³-hybridized carbons (Fsp3) is 0.632. The van der Waals surface area contributed by atoms with Crippen molar-refractivity contribution in [3.63, 3.8) is 0 Å². The molecule has 0 saturated carbocycles. The third-order valence-electron chi connectivity index (χ3n) is 4.45. The molecule has 1 aromatic carbocycles. The van der Waals surface area contributed by atoms with E-state index in [1.807, 2.05) is 37.3 Å². The molecule has 142 valence electrons. The first-order valence-corrected chi connectivity index (χ1v) is 9.14. The van der Waals surface area contributed by atoms with E-state index in [0.29, 0.717) is 6.54 Å². The SMILES string of the molecule is CCNC(=NCC(C)(O)c1ccccc1)NCCN1CCCCC1.I. The lowest BCUT2D eigenvalue weighted by Gasteiger charge is -2.27. The zero-order valence-electron chi connectivity index (χ0n) is 15.5. The van der Waals surface area contributed by atoms with Gasteiger partial charge in [0.2, 0.25) is 0 Å². The van der Waals surface area contributed by atoms with Crippen molar-refractivity contribution in [3.05, 3.63) is 35.9 Å². The highest BCUT2D eigenvalue weighted by molar-refractivity contribution is 14.0. The number of hydrogen-bond donors (Lipinski definition) is 3. The van der Waals surface area contributed by atoms with Crippen LogP contribution in [-0.4, -0.2) is 55.2 Å². The molecule has 1 aliphatic rings. The molecule has 5 nitrogen and oxygen atoms in total. The van der Waals surface area contributed by atoms with E-state index in [2.05, 4.69) is 27.4 Å². The average molecular weight is 460 g/mol. The minimum atomic E-state index is -0.962. The van der Waals surface area contributed by atoms with Gasteiger partial charge < -0.3 is 20.6 Å². The lowest BCUT2D eigenvalue weighted by Crippen LogP contribution is -2.43. The predicted octanol–water partition coefficient (Wildman–Crippen LogP) is 2.55. The Labute approximate surface area is 169 Å². The maximum atomic E-state index is 10.7. The van der Waals surface area contributed by atoms with E-state index in [9.17, 15) is 5.11 Å². The van der Waals surface area contributed by atoms with E-state index in [0.717, 1.165) is 31.2 Å². The van der Waals surface area contributed by atoms with Crippen LogP contribution in [0.25, 0.3) is 0 Å². The van der Waals surface area contributed by atoms with Crippen LogP contribution < -0.4 is 10.6 Å². The van der Waals surface area contributed by atoms with Crippen LogP contribution in [0.4, 0.5) is 0 Å². The fourth-order valence-electron chi connectivity index (χ4n) is 2.98. The van der Waals surface area contributed by atoms with Gasteiger partial charge in [0, 0.05) is 19.6 Å². The van der Waals surface area contributed by atoms with Crippen LogP contribution in [0, 0.1) is 0 Å². The lowest BCUT2D eigenvalue weighted by atomic mass is 9.96. The number of nitrogens with zero attached hydrogens (tertiary/aromatic N) is 2. The summed E-state index contributed by atoms with van der Waals surface area (Å²) < 4.78 is 0. The monoisotopic (exact) mass is 460 g/mol. The Hall–Kier alpha value is -0.860. The van der Waals surface area contributed by atoms with Crippen LogP contribution in [-0.2, 0) is 5.60 Å². The number of benzene rings is 1. The second-order valence-corrected chi connectivity index (χ2v) is 6.66. The summed E-state index contributed by atoms with van der Waals surface area (Å²) in [5.74, 6) is 0.769. The van der Waals surface area contributed by atoms with Crippen molar-refractivity contribution in [2.45, 2.75) is 38.7 Å². The number of nitrogens with one attached hydrogen (secondary N) is 2. The number of hydrogen-bond acceptors (Lipinski definition) is 3. The second-order valence-electron chi connectivity index (χ2n) is 6.66. The van der Waals surface area contributed by atoms with Crippen molar-refractivity contribution in [2.24, 2.45) is 4.99 Å². The largest absolute Gasteiger partial charge is 0.384 e. The number of likely N-dealkylation sites (tertiary alicyclic amines) is 1. The molecule has 0 spiro atoms. The zero-order chi connectivity index (χ0) is 17.3. The van der Waals surface area contributed by atoms with Gasteiger partial charge in [0.25, 0.3) is 0 Å². The summed E-state index contributed by atoms with van der Waals surface area (Å²) in [6, 6.07) is 9.71. The molecule has 1 saturated heterocycles. The molecule has 1 unspecified atom stereocenters. The third kappa shape index (κ3) is 7.92. The molecule has 0 aliphatic carbocycles. The predicted molar refractivity (Wildman–Crippen MR) is 116 cm³/mol. The Bertz CT molecular complexity index is 501. The van der Waals surface area contributed by atoms with Crippen LogP contribution >= 0.6 is 24.0 Å². The van der Waals surface area contributed by atoms with Crippen molar-refractivity contribution in [3.8, 4) is 0 Å². The summed E-state index contributed by atoms with van der Waals surface area (Å²) in [5, 5.41) is 17.3. The molecule has 1 aromatic rings. The molecule has 0 aromatic heterocycles. The summed E-state index contributed by atoms with van der Waals surface area (Å²) in [5.41, 5.74) is -0.0749. The van der Waals surface area contributed by atoms with E-state index in [-0.39, 0.29) is 24.0 Å². The summed E-state index contributed by atoms with van der Waals surface area (Å²) in [6.07, 6.45) is 3.99. The highest BCUT2D eigenvalue weighted by atomic mass is 127. The van der Waals surface area contributed by atoms with Gasteiger partial charge in [-0.25, -0.2) is 4.99 Å². The topological polar surface area (TPSA) is 59.9 Å². The average Bonchev–Trinajstić information content (AvgIpc) is 2.61. The Morgan fingerprint density at radius 2 is 1.84 bits per heavy atom. The molecule has 1 heterocycles. The number of piperidine rings is 1. The fourth-order valence-corrected chi connectivity index (χ4v) is 2.98. The number of halogens is 1. The van der Waals surface area contributed by atoms with E-state index in [1.54, 1.807) is 0 Å². The van der Waals surface area contributed by atoms with Gasteiger partial charge in [-0.2, -0.15) is 0 Å². The molecular weight excluding hydrogens is 427 g/mol. The smallest absolute Gasteiger partial charge is 0.191 e. The normalized spacial score (nSPS) is 18.1. The van der Waals surface area contributed by atoms with Gasteiger partial charge in [-0.05, 0) is 45.3 Å². The maximum Gasteiger partial charge on any atom is 0.191 e. The molecule has 1 aliphatic heterocycles. The van der Waals surface area contributed by atoms with Crippen LogP contribution in [0.1, 0.15) is 38.7 Å². The van der Waals surface area contributed by atoms with Gasteiger partial charge in [0.05, 0.1) is 6.54 Å². The summed E-state index contributed by atoms with van der Waals surface area (Å²) >= 11 is 0. The quantitative estimate of drug-likeness (QED) is 0.333. The highest BCUT2D eigenvalue weighted by Crippen LogP contribution is 2.20. The lowest BCUT2D eigenvalue weighted by molar-refractivity contribution is 0.0672. The van der Waals surface area contributed by atoms with Crippen molar-refractivity contribution in [2.75, 3.05) is 39.3 Å². The minimum Gasteiger partial charge on any atom is -0.384 e. The summed E-state index contributed by atoms with van der Waals surface area (Å²) in [7, 11) is 0. The Morgan fingerprint density at radius 1 is 1.16 bits per heavy atom. The zero-order valence-corrected chi connectivity index (χ0v) is 17.8. The standard InChI is InChI=1S/C19H32N4O.HI/c1-3-20-18(21-12-15-23-13-8-5-9-14-23)22-16-19(2,24)17-10-6-4-7-11-17;/h4,6-7,10-11,24H,3,5,8-9,12-16H2,1-2H3,(H2,20,21,22);1H. The van der Waals surface area contributed by atoms with Crippen molar-refractivity contribution in [1.82, 2.24) is 15.5 Å². The van der Waals surface area contributed by atoms with Crippen LogP contribution in [0.5, 0.6) is 0 Å². The van der Waals surface area contributed by atoms with Gasteiger partial charge >= 0.3 is 0 Å². The molecule has 1 atom stereocenters. The van der Waals surface area contributed by atoms with Crippen molar-refractivity contribution < 1.29 is 5.11 Å². The Kier molecular flexibility index (Phi) is 10.4. The molecule has 0 amide bonds. The Balaban J connectivity index is 0.00000312. The van der Waals surface area contributed by atoms with E-state index >= 15 is 0 Å². The molecular formula is C19H33IN4O. The van der Waals surface area contributed by atoms with Crippen LogP contribution in [0.15, 0.2) is 35.3 Å². The van der Waals surface area contributed by atoms with Gasteiger partial charge in [-0.3, -0.25) is 0 Å². The molecule has 0 radical (unpaired) electrons. The first-order chi connectivity index (χ1) is 11.6. The molecule has 25 heavy (non-hydrogen) atoms.